The molecule has 0 saturated carbocycles. The minimum atomic E-state index is -3.93. The van der Waals surface area contributed by atoms with E-state index in [2.05, 4.69) is 9.82 Å². The molecule has 4 aromatic rings. The van der Waals surface area contributed by atoms with Crippen LogP contribution in [0.15, 0.2) is 78.0 Å². The average molecular weight is 492 g/mol. The molecular weight excluding hydrogens is 476 g/mol. The van der Waals surface area contributed by atoms with E-state index in [-0.39, 0.29) is 20.8 Å². The van der Waals surface area contributed by atoms with Crippen LogP contribution in [0.5, 0.6) is 11.5 Å². The van der Waals surface area contributed by atoms with E-state index in [0.717, 1.165) is 0 Å². The van der Waals surface area contributed by atoms with Gasteiger partial charge < -0.3 is 4.74 Å². The van der Waals surface area contributed by atoms with Gasteiger partial charge in [-0.1, -0.05) is 29.3 Å². The van der Waals surface area contributed by atoms with Crippen LogP contribution in [0.3, 0.4) is 0 Å². The van der Waals surface area contributed by atoms with Crippen molar-refractivity contribution in [1.29, 1.82) is 0 Å². The Kier molecular flexibility index (Phi) is 6.10. The minimum Gasteiger partial charge on any atom is -0.454 e. The SMILES string of the molecule is Cc1cc(NS(=O)(=O)c2cccc(Cl)c2Cl)ccc1Oc1cnn(-c2ccc(F)cc2)c1. The summed E-state index contributed by atoms with van der Waals surface area (Å²) in [5.41, 5.74) is 1.72. The first-order valence-electron chi connectivity index (χ1n) is 9.29. The lowest BCUT2D eigenvalue weighted by molar-refractivity contribution is 0.479. The highest BCUT2D eigenvalue weighted by atomic mass is 35.5. The maximum Gasteiger partial charge on any atom is 0.263 e. The van der Waals surface area contributed by atoms with Crippen LogP contribution in [0, 0.1) is 12.7 Å². The van der Waals surface area contributed by atoms with Gasteiger partial charge in [-0.05, 0) is 67.1 Å². The van der Waals surface area contributed by atoms with Crippen molar-refractivity contribution >= 4 is 38.9 Å². The molecule has 10 heteroatoms. The van der Waals surface area contributed by atoms with Gasteiger partial charge in [-0.25, -0.2) is 17.5 Å². The molecule has 0 amide bonds. The van der Waals surface area contributed by atoms with Crippen LogP contribution < -0.4 is 9.46 Å². The van der Waals surface area contributed by atoms with Crippen molar-refractivity contribution in [3.63, 3.8) is 0 Å². The lowest BCUT2D eigenvalue weighted by atomic mass is 10.2. The normalized spacial score (nSPS) is 11.4. The molecule has 0 bridgehead atoms. The first-order chi connectivity index (χ1) is 15.2. The number of hydrogen-bond acceptors (Lipinski definition) is 4. The number of halogens is 3. The number of nitrogens with one attached hydrogen (secondary N) is 1. The van der Waals surface area contributed by atoms with Crippen molar-refractivity contribution in [3.8, 4) is 17.2 Å². The van der Waals surface area contributed by atoms with Crippen molar-refractivity contribution in [2.75, 3.05) is 4.72 Å². The van der Waals surface area contributed by atoms with Gasteiger partial charge in [0.25, 0.3) is 10.0 Å². The van der Waals surface area contributed by atoms with Gasteiger partial charge in [0.05, 0.1) is 28.1 Å². The second kappa shape index (κ2) is 8.82. The van der Waals surface area contributed by atoms with E-state index in [4.69, 9.17) is 27.9 Å². The van der Waals surface area contributed by atoms with Crippen molar-refractivity contribution < 1.29 is 17.5 Å². The number of aromatic nitrogens is 2. The highest BCUT2D eigenvalue weighted by Gasteiger charge is 2.20. The lowest BCUT2D eigenvalue weighted by Crippen LogP contribution is -2.13. The number of hydrogen-bond donors (Lipinski definition) is 1. The van der Waals surface area contributed by atoms with Gasteiger partial charge in [-0.2, -0.15) is 5.10 Å². The molecule has 1 heterocycles. The molecule has 0 unspecified atom stereocenters. The molecule has 0 aliphatic carbocycles. The zero-order chi connectivity index (χ0) is 22.9. The smallest absolute Gasteiger partial charge is 0.263 e. The lowest BCUT2D eigenvalue weighted by Gasteiger charge is -2.12. The summed E-state index contributed by atoms with van der Waals surface area (Å²) in [6, 6.07) is 15.1. The molecule has 0 saturated heterocycles. The molecule has 0 aliphatic rings. The Morgan fingerprint density at radius 2 is 1.81 bits per heavy atom. The standard InChI is InChI=1S/C22H16Cl2FN3O3S/c1-14-11-16(27-32(29,30)21-4-2-3-19(23)22(21)24)7-10-20(14)31-18-12-26-28(13-18)17-8-5-15(25)6-9-17/h2-13,27H,1H3. The van der Waals surface area contributed by atoms with E-state index < -0.39 is 10.0 Å². The van der Waals surface area contributed by atoms with Crippen molar-refractivity contribution in [2.45, 2.75) is 11.8 Å². The second-order valence-corrected chi connectivity index (χ2v) is 9.27. The molecule has 3 aromatic carbocycles. The molecule has 1 N–H and O–H groups in total. The Hall–Kier alpha value is -3.07. The van der Waals surface area contributed by atoms with Gasteiger partial charge in [0.1, 0.15) is 16.5 Å². The molecule has 0 fully saturated rings. The number of nitrogens with zero attached hydrogens (tertiary/aromatic N) is 2. The average Bonchev–Trinajstić information content (AvgIpc) is 3.21. The van der Waals surface area contributed by atoms with Gasteiger partial charge in [0.2, 0.25) is 0 Å². The van der Waals surface area contributed by atoms with Crippen LogP contribution in [0.25, 0.3) is 5.69 Å². The minimum absolute atomic E-state index is 0.0449. The fourth-order valence-corrected chi connectivity index (χ4v) is 4.76. The fraction of sp³-hybridized carbons (Fsp3) is 0.0455. The molecule has 6 nitrogen and oxygen atoms in total. The van der Waals surface area contributed by atoms with Crippen molar-refractivity contribution in [2.24, 2.45) is 0 Å². The van der Waals surface area contributed by atoms with Crippen LogP contribution in [0.1, 0.15) is 5.56 Å². The largest absolute Gasteiger partial charge is 0.454 e. The van der Waals surface area contributed by atoms with Gasteiger partial charge in [0, 0.05) is 5.69 Å². The molecule has 4 rings (SSSR count). The Bertz CT molecular complexity index is 1390. The summed E-state index contributed by atoms with van der Waals surface area (Å²) in [4.78, 5) is -0.113. The van der Waals surface area contributed by atoms with Gasteiger partial charge >= 0.3 is 0 Å². The van der Waals surface area contributed by atoms with E-state index in [1.165, 1.54) is 36.5 Å². The zero-order valence-corrected chi connectivity index (χ0v) is 18.9. The van der Waals surface area contributed by atoms with Gasteiger partial charge in [-0.15, -0.1) is 0 Å². The number of rotatable bonds is 6. The summed E-state index contributed by atoms with van der Waals surface area (Å²) in [6.45, 7) is 1.78. The zero-order valence-electron chi connectivity index (χ0n) is 16.6. The Labute approximate surface area is 194 Å². The van der Waals surface area contributed by atoms with Crippen LogP contribution in [0.2, 0.25) is 10.0 Å². The number of ether oxygens (including phenoxy) is 1. The predicted molar refractivity (Wildman–Crippen MR) is 122 cm³/mol. The number of aryl methyl sites for hydroxylation is 1. The Morgan fingerprint density at radius 3 is 2.53 bits per heavy atom. The summed E-state index contributed by atoms with van der Waals surface area (Å²) in [5, 5.41) is 4.31. The van der Waals surface area contributed by atoms with Crippen LogP contribution in [-0.4, -0.2) is 18.2 Å². The highest BCUT2D eigenvalue weighted by Crippen LogP contribution is 2.32. The molecule has 0 spiro atoms. The van der Waals surface area contributed by atoms with E-state index >= 15 is 0 Å². The van der Waals surface area contributed by atoms with Crippen LogP contribution in [-0.2, 0) is 10.0 Å². The second-order valence-electron chi connectivity index (χ2n) is 6.84. The van der Waals surface area contributed by atoms with Crippen molar-refractivity contribution in [3.05, 3.63) is 94.5 Å². The van der Waals surface area contributed by atoms with Crippen LogP contribution in [0.4, 0.5) is 10.1 Å². The first kappa shape index (κ1) is 22.1. The third-order valence-corrected chi connectivity index (χ3v) is 6.87. The summed E-state index contributed by atoms with van der Waals surface area (Å²) in [7, 11) is -3.93. The van der Waals surface area contributed by atoms with E-state index in [0.29, 0.717) is 28.4 Å². The number of benzene rings is 3. The predicted octanol–water partition coefficient (Wildman–Crippen LogP) is 6.22. The highest BCUT2D eigenvalue weighted by molar-refractivity contribution is 7.92. The number of anilines is 1. The molecule has 164 valence electrons. The monoisotopic (exact) mass is 491 g/mol. The summed E-state index contributed by atoms with van der Waals surface area (Å²) in [5.74, 6) is 0.658. The topological polar surface area (TPSA) is 73.2 Å². The molecular formula is C22H16Cl2FN3O3S. The Morgan fingerprint density at radius 1 is 1.06 bits per heavy atom. The fourth-order valence-electron chi connectivity index (χ4n) is 2.95. The van der Waals surface area contributed by atoms with Gasteiger partial charge in [0.15, 0.2) is 5.75 Å². The third-order valence-electron chi connectivity index (χ3n) is 4.51. The van der Waals surface area contributed by atoms with E-state index in [1.807, 2.05) is 0 Å². The first-order valence-corrected chi connectivity index (χ1v) is 11.5. The molecule has 1 aromatic heterocycles. The maximum atomic E-state index is 13.1. The molecule has 0 aliphatic heterocycles. The maximum absolute atomic E-state index is 13.1. The van der Waals surface area contributed by atoms with E-state index in [9.17, 15) is 12.8 Å². The van der Waals surface area contributed by atoms with E-state index in [1.54, 1.807) is 48.1 Å². The summed E-state index contributed by atoms with van der Waals surface area (Å²) in [6.07, 6.45) is 3.19. The van der Waals surface area contributed by atoms with Crippen molar-refractivity contribution in [1.82, 2.24) is 9.78 Å². The third kappa shape index (κ3) is 4.72. The van der Waals surface area contributed by atoms with Crippen LogP contribution >= 0.6 is 23.2 Å². The molecule has 0 radical (unpaired) electrons. The molecule has 0 atom stereocenters. The van der Waals surface area contributed by atoms with Gasteiger partial charge in [-0.3, -0.25) is 4.72 Å². The summed E-state index contributed by atoms with van der Waals surface area (Å²) < 4.78 is 48.4. The quantitative estimate of drug-likeness (QED) is 0.347. The Balaban J connectivity index is 1.51. The number of sulfonamides is 1. The summed E-state index contributed by atoms with van der Waals surface area (Å²) >= 11 is 12.0. The molecule has 32 heavy (non-hydrogen) atoms.